The van der Waals surface area contributed by atoms with Crippen LogP contribution in [0.3, 0.4) is 0 Å². The van der Waals surface area contributed by atoms with E-state index in [0.717, 1.165) is 22.4 Å². The highest BCUT2D eigenvalue weighted by Crippen LogP contribution is 2.30. The van der Waals surface area contributed by atoms with Crippen LogP contribution in [0.2, 0.25) is 0 Å². The molecule has 0 radical (unpaired) electrons. The van der Waals surface area contributed by atoms with Crippen LogP contribution in [0.15, 0.2) is 72.9 Å². The second-order valence-electron chi connectivity index (χ2n) is 4.42. The molecule has 0 atom stereocenters. The van der Waals surface area contributed by atoms with Crippen LogP contribution in [0.1, 0.15) is 0 Å². The lowest BCUT2D eigenvalue weighted by atomic mass is 9.99. The maximum atomic E-state index is 7.01. The Hall–Kier alpha value is -2.92. The zero-order valence-corrected chi connectivity index (χ0v) is 10.8. The number of nitrogens with zero attached hydrogens (tertiary/aromatic N) is 2. The Balaban J connectivity index is 2.12. The Morgan fingerprint density at radius 2 is 1.50 bits per heavy atom. The van der Waals surface area contributed by atoms with Gasteiger partial charge in [-0.05, 0) is 11.6 Å². The first kappa shape index (κ1) is 12.1. The van der Waals surface area contributed by atoms with E-state index in [0.29, 0.717) is 5.69 Å². The van der Waals surface area contributed by atoms with Gasteiger partial charge in [-0.25, -0.2) is 4.85 Å². The maximum Gasteiger partial charge on any atom is 0.187 e. The molecule has 20 heavy (non-hydrogen) atoms. The highest BCUT2D eigenvalue weighted by Gasteiger charge is 2.07. The highest BCUT2D eigenvalue weighted by atomic mass is 14.7. The van der Waals surface area contributed by atoms with Gasteiger partial charge < -0.3 is 0 Å². The Bertz CT molecular complexity index is 753. The highest BCUT2D eigenvalue weighted by molar-refractivity contribution is 5.81. The number of benzene rings is 2. The second kappa shape index (κ2) is 5.38. The van der Waals surface area contributed by atoms with Crippen LogP contribution in [0, 0.1) is 6.57 Å². The van der Waals surface area contributed by atoms with Crippen LogP contribution in [0.4, 0.5) is 5.69 Å². The molecule has 0 amide bonds. The van der Waals surface area contributed by atoms with E-state index in [1.54, 1.807) is 6.20 Å². The summed E-state index contributed by atoms with van der Waals surface area (Å²) in [6, 6.07) is 21.7. The molecule has 0 aliphatic carbocycles. The molecule has 2 nitrogen and oxygen atoms in total. The molecule has 3 rings (SSSR count). The van der Waals surface area contributed by atoms with Crippen LogP contribution >= 0.6 is 0 Å². The first-order valence-corrected chi connectivity index (χ1v) is 6.37. The van der Waals surface area contributed by atoms with Crippen molar-refractivity contribution in [3.05, 3.63) is 84.3 Å². The minimum atomic E-state index is 0.652. The predicted octanol–water partition coefficient (Wildman–Crippen LogP) is 4.97. The minimum Gasteiger partial charge on any atom is -0.256 e. The van der Waals surface area contributed by atoms with Gasteiger partial charge in [-0.3, -0.25) is 4.98 Å². The van der Waals surface area contributed by atoms with Crippen molar-refractivity contribution < 1.29 is 0 Å². The molecular formula is C18H12N2. The van der Waals surface area contributed by atoms with E-state index in [9.17, 15) is 0 Å². The number of hydrogen-bond acceptors (Lipinski definition) is 1. The molecule has 0 spiro atoms. The summed E-state index contributed by atoms with van der Waals surface area (Å²) >= 11 is 0. The van der Waals surface area contributed by atoms with E-state index >= 15 is 0 Å². The molecule has 0 aliphatic rings. The average Bonchev–Trinajstić information content (AvgIpc) is 2.56. The third-order valence-corrected chi connectivity index (χ3v) is 3.16. The van der Waals surface area contributed by atoms with Crippen LogP contribution < -0.4 is 0 Å². The van der Waals surface area contributed by atoms with Gasteiger partial charge >= 0.3 is 0 Å². The number of rotatable bonds is 2. The van der Waals surface area contributed by atoms with Gasteiger partial charge in [-0.1, -0.05) is 60.7 Å². The second-order valence-corrected chi connectivity index (χ2v) is 4.42. The van der Waals surface area contributed by atoms with Crippen molar-refractivity contribution in [1.82, 2.24) is 4.98 Å². The molecule has 0 fully saturated rings. The summed E-state index contributed by atoms with van der Waals surface area (Å²) < 4.78 is 0. The fourth-order valence-electron chi connectivity index (χ4n) is 2.18. The molecule has 0 saturated carbocycles. The van der Waals surface area contributed by atoms with Gasteiger partial charge in [0.1, 0.15) is 0 Å². The molecule has 0 unspecified atom stereocenters. The Morgan fingerprint density at radius 3 is 2.20 bits per heavy atom. The van der Waals surface area contributed by atoms with Crippen molar-refractivity contribution >= 4 is 5.69 Å². The average molecular weight is 256 g/mol. The molecule has 2 aromatic carbocycles. The van der Waals surface area contributed by atoms with E-state index in [2.05, 4.69) is 28.0 Å². The Kier molecular flexibility index (Phi) is 3.26. The molecular weight excluding hydrogens is 244 g/mol. The van der Waals surface area contributed by atoms with E-state index < -0.39 is 0 Å². The van der Waals surface area contributed by atoms with Gasteiger partial charge in [-0.15, -0.1) is 0 Å². The standard InChI is InChI=1S/C18H12N2/c1-19-16-11-9-14(10-12-16)17-8-5-13-20-18(17)15-6-3-2-4-7-15/h2-13H. The van der Waals surface area contributed by atoms with Crippen molar-refractivity contribution in [2.45, 2.75) is 0 Å². The lowest BCUT2D eigenvalue weighted by Gasteiger charge is -2.09. The van der Waals surface area contributed by atoms with E-state index in [1.165, 1.54) is 0 Å². The number of hydrogen-bond donors (Lipinski definition) is 0. The Morgan fingerprint density at radius 1 is 0.750 bits per heavy atom. The van der Waals surface area contributed by atoms with Gasteiger partial charge in [0.25, 0.3) is 0 Å². The molecule has 0 saturated heterocycles. The predicted molar refractivity (Wildman–Crippen MR) is 81.4 cm³/mol. The third-order valence-electron chi connectivity index (χ3n) is 3.16. The minimum absolute atomic E-state index is 0.652. The van der Waals surface area contributed by atoms with Gasteiger partial charge in [0, 0.05) is 17.3 Å². The largest absolute Gasteiger partial charge is 0.256 e. The van der Waals surface area contributed by atoms with E-state index in [4.69, 9.17) is 6.57 Å². The summed E-state index contributed by atoms with van der Waals surface area (Å²) in [6.45, 7) is 7.01. The zero-order valence-electron chi connectivity index (χ0n) is 10.8. The van der Waals surface area contributed by atoms with Crippen LogP contribution in [0.25, 0.3) is 27.2 Å². The van der Waals surface area contributed by atoms with Crippen molar-refractivity contribution in [2.75, 3.05) is 0 Å². The first-order chi connectivity index (χ1) is 9.88. The molecule has 94 valence electrons. The molecule has 3 aromatic rings. The van der Waals surface area contributed by atoms with Crippen molar-refractivity contribution in [3.63, 3.8) is 0 Å². The molecule has 1 heterocycles. The SMILES string of the molecule is [C-]#[N+]c1ccc(-c2cccnc2-c2ccccc2)cc1. The molecule has 1 aromatic heterocycles. The molecule has 0 N–H and O–H groups in total. The number of pyridine rings is 1. The smallest absolute Gasteiger partial charge is 0.187 e. The molecule has 0 bridgehead atoms. The third kappa shape index (κ3) is 2.30. The lowest BCUT2D eigenvalue weighted by molar-refractivity contribution is 1.33. The van der Waals surface area contributed by atoms with E-state index in [1.807, 2.05) is 48.5 Å². The summed E-state index contributed by atoms with van der Waals surface area (Å²) in [5, 5.41) is 0. The van der Waals surface area contributed by atoms with Gasteiger partial charge in [0.2, 0.25) is 0 Å². The monoisotopic (exact) mass is 256 g/mol. The summed E-state index contributed by atoms with van der Waals surface area (Å²) in [6.07, 6.45) is 1.80. The van der Waals surface area contributed by atoms with Gasteiger partial charge in [0.05, 0.1) is 12.3 Å². The van der Waals surface area contributed by atoms with Crippen LogP contribution in [-0.4, -0.2) is 4.98 Å². The first-order valence-electron chi connectivity index (χ1n) is 6.37. The van der Waals surface area contributed by atoms with Crippen molar-refractivity contribution in [3.8, 4) is 22.4 Å². The van der Waals surface area contributed by atoms with Crippen LogP contribution in [-0.2, 0) is 0 Å². The summed E-state index contributed by atoms with van der Waals surface area (Å²) in [7, 11) is 0. The fraction of sp³-hybridized carbons (Fsp3) is 0. The Labute approximate surface area is 118 Å². The lowest BCUT2D eigenvalue weighted by Crippen LogP contribution is -1.88. The topological polar surface area (TPSA) is 17.2 Å². The fourth-order valence-corrected chi connectivity index (χ4v) is 2.18. The molecule has 2 heteroatoms. The van der Waals surface area contributed by atoms with Crippen LogP contribution in [0.5, 0.6) is 0 Å². The van der Waals surface area contributed by atoms with Crippen molar-refractivity contribution in [2.24, 2.45) is 0 Å². The summed E-state index contributed by atoms with van der Waals surface area (Å²) in [4.78, 5) is 7.93. The summed E-state index contributed by atoms with van der Waals surface area (Å²) in [5.41, 5.74) is 4.86. The van der Waals surface area contributed by atoms with Gasteiger partial charge in [0.15, 0.2) is 5.69 Å². The summed E-state index contributed by atoms with van der Waals surface area (Å²) in [5.74, 6) is 0. The van der Waals surface area contributed by atoms with Crippen molar-refractivity contribution in [1.29, 1.82) is 0 Å². The maximum absolute atomic E-state index is 7.01. The van der Waals surface area contributed by atoms with E-state index in [-0.39, 0.29) is 0 Å². The van der Waals surface area contributed by atoms with Gasteiger partial charge in [-0.2, -0.15) is 0 Å². The number of aromatic nitrogens is 1. The quantitative estimate of drug-likeness (QED) is 0.592. The molecule has 0 aliphatic heterocycles. The zero-order chi connectivity index (χ0) is 13.8. The normalized spacial score (nSPS) is 9.95.